The molecule has 0 saturated heterocycles. The Labute approximate surface area is 226 Å². The molecule has 5 heteroatoms. The van der Waals surface area contributed by atoms with Crippen molar-refractivity contribution in [2.24, 2.45) is 11.3 Å². The fourth-order valence-electron chi connectivity index (χ4n) is 3.99. The van der Waals surface area contributed by atoms with Crippen LogP contribution in [0.15, 0.2) is 60.7 Å². The second kappa shape index (κ2) is 12.9. The van der Waals surface area contributed by atoms with Crippen LogP contribution in [0.3, 0.4) is 0 Å². The SMILES string of the molecule is CC1CC1.COc1ccc(F)c(-c2ccc(COc3cccc(CCC(=O)O)c3)cc2[C@@H](C)C(C)(C)C)c1. The Hall–Kier alpha value is -3.34. The van der Waals surface area contributed by atoms with Gasteiger partial charge >= 0.3 is 5.97 Å². The zero-order chi connectivity index (χ0) is 27.9. The number of carbonyl (C=O) groups is 1. The molecule has 4 nitrogen and oxygen atoms in total. The fraction of sp³-hybridized carbons (Fsp3) is 0.424. The predicted molar refractivity (Wildman–Crippen MR) is 151 cm³/mol. The first kappa shape index (κ1) is 29.2. The average molecular weight is 521 g/mol. The molecule has 0 amide bonds. The highest BCUT2D eigenvalue weighted by atomic mass is 19.1. The predicted octanol–water partition coefficient (Wildman–Crippen LogP) is 8.66. The first-order valence-electron chi connectivity index (χ1n) is 13.4. The Morgan fingerprint density at radius 3 is 2.32 bits per heavy atom. The van der Waals surface area contributed by atoms with E-state index >= 15 is 0 Å². The van der Waals surface area contributed by atoms with Gasteiger partial charge in [0, 0.05) is 12.0 Å². The lowest BCUT2D eigenvalue weighted by molar-refractivity contribution is -0.136. The maximum absolute atomic E-state index is 14.8. The normalized spacial score (nSPS) is 13.8. The standard InChI is InChI=1S/C29H33FO4.C4H8/c1-19(29(2,3)4)25-16-21(9-12-24(25)26-17-22(33-5)11-13-27(26)30)18-34-23-8-6-7-20(15-23)10-14-28(31)32;1-4-2-3-4/h6-9,11-13,15-17,19H,10,14,18H2,1-5H3,(H,31,32);4H,2-3H2,1H3/t19-;/m1./s1. The van der Waals surface area contributed by atoms with Crippen molar-refractivity contribution in [3.8, 4) is 22.6 Å². The minimum absolute atomic E-state index is 0.0257. The number of aryl methyl sites for hydroxylation is 1. The summed E-state index contributed by atoms with van der Waals surface area (Å²) in [5.41, 5.74) is 4.29. The number of carboxylic acid groups (broad SMARTS) is 1. The molecule has 0 spiro atoms. The molecule has 1 aliphatic carbocycles. The molecule has 1 saturated carbocycles. The van der Waals surface area contributed by atoms with E-state index in [2.05, 4.69) is 40.7 Å². The smallest absolute Gasteiger partial charge is 0.303 e. The Morgan fingerprint density at radius 2 is 1.71 bits per heavy atom. The summed E-state index contributed by atoms with van der Waals surface area (Å²) in [5, 5.41) is 8.91. The van der Waals surface area contributed by atoms with Crippen molar-refractivity contribution in [2.45, 2.75) is 72.8 Å². The van der Waals surface area contributed by atoms with Gasteiger partial charge in [-0.05, 0) is 76.3 Å². The van der Waals surface area contributed by atoms with E-state index in [4.69, 9.17) is 14.6 Å². The summed E-state index contributed by atoms with van der Waals surface area (Å²) >= 11 is 0. The van der Waals surface area contributed by atoms with Gasteiger partial charge < -0.3 is 14.6 Å². The fourth-order valence-corrected chi connectivity index (χ4v) is 3.99. The van der Waals surface area contributed by atoms with Crippen LogP contribution in [-0.2, 0) is 17.8 Å². The van der Waals surface area contributed by atoms with Crippen LogP contribution in [0.25, 0.3) is 11.1 Å². The van der Waals surface area contributed by atoms with E-state index in [1.807, 2.05) is 36.4 Å². The van der Waals surface area contributed by atoms with Gasteiger partial charge in [-0.2, -0.15) is 0 Å². The third-order valence-corrected chi connectivity index (χ3v) is 7.14. The zero-order valence-corrected chi connectivity index (χ0v) is 23.5. The van der Waals surface area contributed by atoms with E-state index in [1.165, 1.54) is 18.9 Å². The topological polar surface area (TPSA) is 55.8 Å². The maximum Gasteiger partial charge on any atom is 0.303 e. The molecule has 0 heterocycles. The lowest BCUT2D eigenvalue weighted by atomic mass is 9.75. The highest BCUT2D eigenvalue weighted by molar-refractivity contribution is 5.71. The van der Waals surface area contributed by atoms with E-state index in [0.717, 1.165) is 28.2 Å². The monoisotopic (exact) mass is 520 g/mol. The highest BCUT2D eigenvalue weighted by Crippen LogP contribution is 2.41. The van der Waals surface area contributed by atoms with E-state index < -0.39 is 5.97 Å². The number of hydrogen-bond donors (Lipinski definition) is 1. The van der Waals surface area contributed by atoms with Crippen molar-refractivity contribution in [3.05, 3.63) is 83.2 Å². The molecular formula is C33H41FO4. The first-order valence-corrected chi connectivity index (χ1v) is 13.4. The number of halogens is 1. The van der Waals surface area contributed by atoms with Crippen LogP contribution in [0.5, 0.6) is 11.5 Å². The number of carboxylic acids is 1. The number of rotatable bonds is 9. The molecule has 0 aromatic heterocycles. The van der Waals surface area contributed by atoms with E-state index in [0.29, 0.717) is 30.1 Å². The molecule has 3 aromatic rings. The third-order valence-electron chi connectivity index (χ3n) is 7.14. The minimum atomic E-state index is -0.820. The van der Waals surface area contributed by atoms with Gasteiger partial charge in [0.05, 0.1) is 7.11 Å². The summed E-state index contributed by atoms with van der Waals surface area (Å²) in [4.78, 5) is 10.9. The number of hydrogen-bond acceptors (Lipinski definition) is 3. The second-order valence-corrected chi connectivity index (χ2v) is 11.4. The maximum atomic E-state index is 14.8. The van der Waals surface area contributed by atoms with Crippen molar-refractivity contribution >= 4 is 5.97 Å². The van der Waals surface area contributed by atoms with Gasteiger partial charge in [0.15, 0.2) is 0 Å². The van der Waals surface area contributed by atoms with E-state index in [9.17, 15) is 9.18 Å². The molecule has 0 radical (unpaired) electrons. The molecular weight excluding hydrogens is 479 g/mol. The van der Waals surface area contributed by atoms with Gasteiger partial charge in [-0.25, -0.2) is 4.39 Å². The molecule has 1 N–H and O–H groups in total. The number of benzene rings is 3. The number of aliphatic carboxylic acids is 1. The average Bonchev–Trinajstić information content (AvgIpc) is 3.68. The van der Waals surface area contributed by atoms with Crippen molar-refractivity contribution in [2.75, 3.05) is 7.11 Å². The van der Waals surface area contributed by atoms with Crippen LogP contribution in [0.4, 0.5) is 4.39 Å². The third kappa shape index (κ3) is 8.61. The highest BCUT2D eigenvalue weighted by Gasteiger charge is 2.25. The van der Waals surface area contributed by atoms with Crippen molar-refractivity contribution < 1.29 is 23.8 Å². The summed E-state index contributed by atoms with van der Waals surface area (Å²) in [6.45, 7) is 11.3. The Morgan fingerprint density at radius 1 is 1.00 bits per heavy atom. The number of methoxy groups -OCH3 is 1. The van der Waals surface area contributed by atoms with Gasteiger partial charge in [0.2, 0.25) is 0 Å². The summed E-state index contributed by atoms with van der Waals surface area (Å²) in [6.07, 6.45) is 3.51. The molecule has 38 heavy (non-hydrogen) atoms. The lowest BCUT2D eigenvalue weighted by Crippen LogP contribution is -2.16. The van der Waals surface area contributed by atoms with Gasteiger partial charge in [0.25, 0.3) is 0 Å². The Balaban J connectivity index is 0.000000912. The van der Waals surface area contributed by atoms with Gasteiger partial charge in [-0.3, -0.25) is 4.79 Å². The van der Waals surface area contributed by atoms with Crippen LogP contribution >= 0.6 is 0 Å². The van der Waals surface area contributed by atoms with Gasteiger partial charge in [0.1, 0.15) is 23.9 Å². The Bertz CT molecular complexity index is 1220. The van der Waals surface area contributed by atoms with E-state index in [1.54, 1.807) is 19.2 Å². The lowest BCUT2D eigenvalue weighted by Gasteiger charge is -2.30. The molecule has 4 rings (SSSR count). The molecule has 0 bridgehead atoms. The summed E-state index contributed by atoms with van der Waals surface area (Å²) < 4.78 is 26.2. The molecule has 204 valence electrons. The summed E-state index contributed by atoms with van der Waals surface area (Å²) in [7, 11) is 1.58. The second-order valence-electron chi connectivity index (χ2n) is 11.4. The molecule has 3 aromatic carbocycles. The molecule has 0 aliphatic heterocycles. The van der Waals surface area contributed by atoms with Gasteiger partial charge in [-0.15, -0.1) is 0 Å². The number of ether oxygens (including phenoxy) is 2. The summed E-state index contributed by atoms with van der Waals surface area (Å²) in [5.74, 6) is 1.44. The minimum Gasteiger partial charge on any atom is -0.497 e. The quantitative estimate of drug-likeness (QED) is 0.307. The Kier molecular flexibility index (Phi) is 9.96. The van der Waals surface area contributed by atoms with Crippen molar-refractivity contribution in [3.63, 3.8) is 0 Å². The van der Waals surface area contributed by atoms with Crippen LogP contribution in [-0.4, -0.2) is 18.2 Å². The summed E-state index contributed by atoms with van der Waals surface area (Å²) in [6, 6.07) is 18.3. The molecule has 0 unspecified atom stereocenters. The van der Waals surface area contributed by atoms with Crippen molar-refractivity contribution in [1.29, 1.82) is 0 Å². The van der Waals surface area contributed by atoms with Gasteiger partial charge in [-0.1, -0.05) is 77.8 Å². The van der Waals surface area contributed by atoms with Crippen LogP contribution < -0.4 is 9.47 Å². The van der Waals surface area contributed by atoms with E-state index in [-0.39, 0.29) is 23.6 Å². The molecule has 1 aliphatic rings. The van der Waals surface area contributed by atoms with Crippen LogP contribution in [0, 0.1) is 17.2 Å². The zero-order valence-electron chi connectivity index (χ0n) is 23.5. The van der Waals surface area contributed by atoms with Crippen LogP contribution in [0.2, 0.25) is 0 Å². The van der Waals surface area contributed by atoms with Crippen LogP contribution in [0.1, 0.15) is 76.5 Å². The first-order chi connectivity index (χ1) is 18.0. The molecule has 1 atom stereocenters. The van der Waals surface area contributed by atoms with Crippen molar-refractivity contribution in [1.82, 2.24) is 0 Å². The largest absolute Gasteiger partial charge is 0.497 e. The molecule has 1 fully saturated rings.